The van der Waals surface area contributed by atoms with Gasteiger partial charge in [0.25, 0.3) is 0 Å². The molecule has 8 heteroatoms. The Labute approximate surface area is 197 Å². The van der Waals surface area contributed by atoms with Crippen LogP contribution in [0.15, 0.2) is 41.8 Å². The van der Waals surface area contributed by atoms with Crippen LogP contribution in [0.3, 0.4) is 0 Å². The first-order chi connectivity index (χ1) is 15.4. The molecule has 0 unspecified atom stereocenters. The number of thiocarbonyl (C=S) groups is 1. The second-order valence-corrected chi connectivity index (χ2v) is 8.39. The van der Waals surface area contributed by atoms with E-state index >= 15 is 0 Å². The molecule has 3 rings (SSSR count). The summed E-state index contributed by atoms with van der Waals surface area (Å²) in [5, 5.41) is 9.25. The molecule has 0 bridgehead atoms. The third-order valence-corrected chi connectivity index (χ3v) is 5.77. The quantitative estimate of drug-likeness (QED) is 0.322. The molecule has 0 spiro atoms. The zero-order valence-corrected chi connectivity index (χ0v) is 20.3. The molecule has 6 nitrogen and oxygen atoms in total. The number of methoxy groups -OCH3 is 2. The van der Waals surface area contributed by atoms with Gasteiger partial charge < -0.3 is 24.8 Å². The fourth-order valence-electron chi connectivity index (χ4n) is 3.38. The number of anilines is 2. The molecule has 32 heavy (non-hydrogen) atoms. The molecule has 0 aliphatic heterocycles. The summed E-state index contributed by atoms with van der Waals surface area (Å²) in [6, 6.07) is 11.6. The lowest BCUT2D eigenvalue weighted by atomic mass is 10.0. The first kappa shape index (κ1) is 23.6. The van der Waals surface area contributed by atoms with Gasteiger partial charge in [-0.15, -0.1) is 11.3 Å². The monoisotopic (exact) mass is 470 g/mol. The summed E-state index contributed by atoms with van der Waals surface area (Å²) in [6.45, 7) is 6.11. The highest BCUT2D eigenvalue weighted by Gasteiger charge is 2.23. The summed E-state index contributed by atoms with van der Waals surface area (Å²) in [5.41, 5.74) is 5.11. The van der Waals surface area contributed by atoms with Gasteiger partial charge in [-0.3, -0.25) is 0 Å². The van der Waals surface area contributed by atoms with Gasteiger partial charge in [-0.1, -0.05) is 12.1 Å². The lowest BCUT2D eigenvalue weighted by Crippen LogP contribution is -2.20. The van der Waals surface area contributed by atoms with Crippen molar-refractivity contribution in [2.24, 2.45) is 0 Å². The molecular formula is C24H26N2O4S2. The molecule has 1 heterocycles. The molecule has 3 aromatic rings. The van der Waals surface area contributed by atoms with E-state index in [9.17, 15) is 4.79 Å². The van der Waals surface area contributed by atoms with Gasteiger partial charge in [0, 0.05) is 16.6 Å². The third-order valence-electron chi connectivity index (χ3n) is 4.67. The number of hydrogen-bond donors (Lipinski definition) is 2. The number of carbonyl (C=O) groups is 1. The van der Waals surface area contributed by atoms with Gasteiger partial charge in [0.15, 0.2) is 16.6 Å². The fourth-order valence-corrected chi connectivity index (χ4v) is 4.63. The van der Waals surface area contributed by atoms with Crippen LogP contribution in [0.1, 0.15) is 28.4 Å². The Morgan fingerprint density at radius 2 is 1.69 bits per heavy atom. The smallest absolute Gasteiger partial charge is 0.341 e. The number of ether oxygens (including phenoxy) is 3. The highest BCUT2D eigenvalue weighted by Crippen LogP contribution is 2.39. The Balaban J connectivity index is 1.94. The number of rotatable bonds is 7. The molecule has 0 fully saturated rings. The SMILES string of the molecule is CCOC(=O)c1c(-c2ccc(OC)c(OC)c2)csc1NC(=S)Nc1cc(C)cc(C)c1. The number of thiophene rings is 1. The van der Waals surface area contributed by atoms with Crippen LogP contribution in [-0.2, 0) is 4.74 Å². The summed E-state index contributed by atoms with van der Waals surface area (Å²) in [5.74, 6) is 0.768. The number of esters is 1. The Morgan fingerprint density at radius 1 is 1.00 bits per heavy atom. The maximum Gasteiger partial charge on any atom is 0.341 e. The summed E-state index contributed by atoms with van der Waals surface area (Å²) < 4.78 is 16.1. The highest BCUT2D eigenvalue weighted by molar-refractivity contribution is 7.80. The second-order valence-electron chi connectivity index (χ2n) is 7.10. The van der Waals surface area contributed by atoms with E-state index in [0.717, 1.165) is 27.9 Å². The van der Waals surface area contributed by atoms with Crippen LogP contribution in [0.5, 0.6) is 11.5 Å². The van der Waals surface area contributed by atoms with E-state index in [1.165, 1.54) is 11.3 Å². The number of benzene rings is 2. The summed E-state index contributed by atoms with van der Waals surface area (Å²) >= 11 is 6.89. The topological polar surface area (TPSA) is 68.8 Å². The predicted molar refractivity (Wildman–Crippen MR) is 135 cm³/mol. The number of nitrogens with one attached hydrogen (secondary N) is 2. The Morgan fingerprint density at radius 3 is 2.31 bits per heavy atom. The Kier molecular flexibility index (Phi) is 7.71. The maximum atomic E-state index is 12.9. The molecule has 0 atom stereocenters. The van der Waals surface area contributed by atoms with Gasteiger partial charge in [-0.2, -0.15) is 0 Å². The zero-order chi connectivity index (χ0) is 23.3. The van der Waals surface area contributed by atoms with Crippen molar-refractivity contribution in [1.29, 1.82) is 0 Å². The minimum absolute atomic E-state index is 0.269. The molecule has 0 saturated carbocycles. The number of aryl methyl sites for hydroxylation is 2. The second kappa shape index (κ2) is 10.5. The van der Waals surface area contributed by atoms with Crippen molar-refractivity contribution in [2.45, 2.75) is 20.8 Å². The molecular weight excluding hydrogens is 444 g/mol. The van der Waals surface area contributed by atoms with Gasteiger partial charge in [0.2, 0.25) is 0 Å². The molecule has 2 N–H and O–H groups in total. The van der Waals surface area contributed by atoms with E-state index in [4.69, 9.17) is 26.4 Å². The van der Waals surface area contributed by atoms with E-state index in [-0.39, 0.29) is 6.61 Å². The minimum atomic E-state index is -0.421. The molecule has 2 aromatic carbocycles. The number of carbonyl (C=O) groups excluding carboxylic acids is 1. The van der Waals surface area contributed by atoms with Gasteiger partial charge in [0.05, 0.1) is 20.8 Å². The molecule has 0 aliphatic rings. The van der Waals surface area contributed by atoms with Crippen molar-refractivity contribution in [2.75, 3.05) is 31.5 Å². The van der Waals surface area contributed by atoms with E-state index in [0.29, 0.717) is 27.2 Å². The van der Waals surface area contributed by atoms with Crippen LogP contribution < -0.4 is 20.1 Å². The zero-order valence-electron chi connectivity index (χ0n) is 18.7. The van der Waals surface area contributed by atoms with E-state index < -0.39 is 5.97 Å². The normalized spacial score (nSPS) is 10.4. The highest BCUT2D eigenvalue weighted by atomic mass is 32.1. The molecule has 1 aromatic heterocycles. The summed E-state index contributed by atoms with van der Waals surface area (Å²) in [7, 11) is 3.16. The van der Waals surface area contributed by atoms with Crippen LogP contribution in [0.4, 0.5) is 10.7 Å². The lowest BCUT2D eigenvalue weighted by Gasteiger charge is -2.13. The standard InChI is InChI=1S/C24H26N2O4S2/c1-6-30-23(27)21-18(16-7-8-19(28-4)20(12-16)29-5)13-32-22(21)26-24(31)25-17-10-14(2)9-15(3)11-17/h7-13H,6H2,1-5H3,(H2,25,26,31). The Hall–Kier alpha value is -3.10. The van der Waals surface area contributed by atoms with Gasteiger partial charge in [-0.25, -0.2) is 4.79 Å². The molecule has 0 aliphatic carbocycles. The molecule has 0 saturated heterocycles. The van der Waals surface area contributed by atoms with Crippen molar-refractivity contribution in [1.82, 2.24) is 0 Å². The van der Waals surface area contributed by atoms with E-state index in [1.54, 1.807) is 27.2 Å². The fraction of sp³-hybridized carbons (Fsp3) is 0.250. The van der Waals surface area contributed by atoms with Crippen LogP contribution in [0.25, 0.3) is 11.1 Å². The van der Waals surface area contributed by atoms with Crippen LogP contribution >= 0.6 is 23.6 Å². The van der Waals surface area contributed by atoms with Gasteiger partial charge >= 0.3 is 5.97 Å². The predicted octanol–water partition coefficient (Wildman–Crippen LogP) is 6.03. The number of hydrogen-bond acceptors (Lipinski definition) is 6. The average molecular weight is 471 g/mol. The summed E-state index contributed by atoms with van der Waals surface area (Å²) in [4.78, 5) is 12.9. The van der Waals surface area contributed by atoms with Crippen molar-refractivity contribution in [3.63, 3.8) is 0 Å². The van der Waals surface area contributed by atoms with Crippen molar-refractivity contribution >= 4 is 45.3 Å². The molecule has 0 amide bonds. The first-order valence-electron chi connectivity index (χ1n) is 10.0. The minimum Gasteiger partial charge on any atom is -0.493 e. The van der Waals surface area contributed by atoms with Crippen LogP contribution in [-0.4, -0.2) is 31.9 Å². The largest absolute Gasteiger partial charge is 0.493 e. The van der Waals surface area contributed by atoms with Crippen molar-refractivity contribution in [3.8, 4) is 22.6 Å². The Bertz CT molecular complexity index is 1120. The molecule has 0 radical (unpaired) electrons. The van der Waals surface area contributed by atoms with Crippen molar-refractivity contribution in [3.05, 3.63) is 58.5 Å². The van der Waals surface area contributed by atoms with Crippen molar-refractivity contribution < 1.29 is 19.0 Å². The first-order valence-corrected chi connectivity index (χ1v) is 11.3. The van der Waals surface area contributed by atoms with Gasteiger partial charge in [0.1, 0.15) is 10.6 Å². The summed E-state index contributed by atoms with van der Waals surface area (Å²) in [6.07, 6.45) is 0. The average Bonchev–Trinajstić information content (AvgIpc) is 3.15. The maximum absolute atomic E-state index is 12.9. The lowest BCUT2D eigenvalue weighted by molar-refractivity contribution is 0.0529. The van der Waals surface area contributed by atoms with Crippen LogP contribution in [0, 0.1) is 13.8 Å². The van der Waals surface area contributed by atoms with E-state index in [1.807, 2.05) is 43.5 Å². The van der Waals surface area contributed by atoms with Gasteiger partial charge in [-0.05, 0) is 73.9 Å². The van der Waals surface area contributed by atoms with Crippen LogP contribution in [0.2, 0.25) is 0 Å². The van der Waals surface area contributed by atoms with E-state index in [2.05, 4.69) is 16.7 Å². The molecule has 168 valence electrons. The third kappa shape index (κ3) is 5.38.